The van der Waals surface area contributed by atoms with E-state index < -0.39 is 0 Å². The van der Waals surface area contributed by atoms with Crippen LogP contribution in [-0.4, -0.2) is 19.9 Å². The number of thiophene rings is 1. The average molecular weight is 543 g/mol. The first-order valence-corrected chi connectivity index (χ1v) is 14.3. The van der Waals surface area contributed by atoms with Crippen LogP contribution < -0.4 is 0 Å². The molecule has 0 atom stereocenters. The highest BCUT2D eigenvalue weighted by Gasteiger charge is 2.13. The summed E-state index contributed by atoms with van der Waals surface area (Å²) in [4.78, 5) is 19.4. The van der Waals surface area contributed by atoms with Crippen molar-refractivity contribution >= 4 is 42.4 Å². The van der Waals surface area contributed by atoms with Gasteiger partial charge in [0.25, 0.3) is 0 Å². The van der Waals surface area contributed by atoms with Crippen molar-refractivity contribution in [3.63, 3.8) is 0 Å². The maximum absolute atomic E-state index is 4.86. The zero-order valence-electron chi connectivity index (χ0n) is 21.9. The summed E-state index contributed by atoms with van der Waals surface area (Å²) in [5.41, 5.74) is 6.11. The van der Waals surface area contributed by atoms with E-state index >= 15 is 0 Å². The first-order valence-electron chi connectivity index (χ1n) is 13.5. The van der Waals surface area contributed by atoms with E-state index in [0.29, 0.717) is 17.5 Å². The zero-order chi connectivity index (χ0) is 27.2. The van der Waals surface area contributed by atoms with Crippen LogP contribution in [0.1, 0.15) is 0 Å². The Hall–Kier alpha value is -5.26. The number of fused-ring (bicyclic) bond motifs is 5. The number of nitrogens with zero attached hydrogens (tertiary/aromatic N) is 4. The largest absolute Gasteiger partial charge is 0.255 e. The van der Waals surface area contributed by atoms with Crippen LogP contribution in [0.15, 0.2) is 134 Å². The molecule has 192 valence electrons. The predicted molar refractivity (Wildman–Crippen MR) is 170 cm³/mol. The highest BCUT2D eigenvalue weighted by atomic mass is 32.1. The molecule has 3 aromatic heterocycles. The molecule has 5 aromatic carbocycles. The molecule has 0 unspecified atom stereocenters. The van der Waals surface area contributed by atoms with Gasteiger partial charge in [-0.1, -0.05) is 115 Å². The summed E-state index contributed by atoms with van der Waals surface area (Å²) >= 11 is 1.83. The average Bonchev–Trinajstić information content (AvgIpc) is 3.44. The normalized spacial score (nSPS) is 11.4. The molecular weight excluding hydrogens is 520 g/mol. The zero-order valence-corrected chi connectivity index (χ0v) is 22.7. The fraction of sp³-hybridized carbons (Fsp3) is 0. The smallest absolute Gasteiger partial charge is 0.164 e. The van der Waals surface area contributed by atoms with E-state index in [-0.39, 0.29) is 0 Å². The second-order valence-corrected chi connectivity index (χ2v) is 11.0. The highest BCUT2D eigenvalue weighted by Crippen LogP contribution is 2.38. The van der Waals surface area contributed by atoms with Gasteiger partial charge in [-0.15, -0.1) is 11.3 Å². The molecule has 0 aliphatic rings. The van der Waals surface area contributed by atoms with Crippen LogP contribution in [0, 0.1) is 0 Å². The van der Waals surface area contributed by atoms with E-state index in [1.165, 1.54) is 25.6 Å². The minimum atomic E-state index is 0.650. The Morgan fingerprint density at radius 2 is 0.951 bits per heavy atom. The third-order valence-corrected chi connectivity index (χ3v) is 8.60. The van der Waals surface area contributed by atoms with Crippen molar-refractivity contribution in [1.29, 1.82) is 0 Å². The molecule has 8 rings (SSSR count). The molecule has 3 heterocycles. The Morgan fingerprint density at radius 1 is 0.415 bits per heavy atom. The van der Waals surface area contributed by atoms with Gasteiger partial charge in [0.1, 0.15) is 0 Å². The number of pyridine rings is 1. The van der Waals surface area contributed by atoms with Gasteiger partial charge >= 0.3 is 0 Å². The van der Waals surface area contributed by atoms with Crippen molar-refractivity contribution in [3.05, 3.63) is 134 Å². The SMILES string of the molecule is c1ccc(-c2nc(-c3ccccc3)nc(-c3ccc(-c4ccc5c(c4)ncc4c6ccccc6sc54)cc3)n2)cc1. The highest BCUT2D eigenvalue weighted by molar-refractivity contribution is 7.26. The quantitative estimate of drug-likeness (QED) is 0.222. The van der Waals surface area contributed by atoms with Gasteiger partial charge in [0.05, 0.1) is 5.52 Å². The summed E-state index contributed by atoms with van der Waals surface area (Å²) in [6.45, 7) is 0. The summed E-state index contributed by atoms with van der Waals surface area (Å²) < 4.78 is 2.58. The number of benzene rings is 5. The Balaban J connectivity index is 1.18. The molecule has 4 nitrogen and oxygen atoms in total. The van der Waals surface area contributed by atoms with Crippen molar-refractivity contribution in [1.82, 2.24) is 19.9 Å². The van der Waals surface area contributed by atoms with Gasteiger partial charge in [0.2, 0.25) is 0 Å². The lowest BCUT2D eigenvalue weighted by atomic mass is 10.0. The van der Waals surface area contributed by atoms with Gasteiger partial charge in [0.15, 0.2) is 17.5 Å². The van der Waals surface area contributed by atoms with Crippen molar-refractivity contribution < 1.29 is 0 Å². The fourth-order valence-electron chi connectivity index (χ4n) is 5.29. The summed E-state index contributed by atoms with van der Waals surface area (Å²) in [5.74, 6) is 1.97. The Bertz CT molecular complexity index is 2130. The number of rotatable bonds is 4. The fourth-order valence-corrected chi connectivity index (χ4v) is 6.50. The molecule has 0 spiro atoms. The van der Waals surface area contributed by atoms with E-state index in [1.807, 2.05) is 78.2 Å². The summed E-state index contributed by atoms with van der Waals surface area (Å²) in [6.07, 6.45) is 2.01. The minimum Gasteiger partial charge on any atom is -0.255 e. The van der Waals surface area contributed by atoms with Crippen LogP contribution in [0.4, 0.5) is 0 Å². The number of hydrogen-bond acceptors (Lipinski definition) is 5. The molecule has 0 N–H and O–H groups in total. The monoisotopic (exact) mass is 542 g/mol. The van der Waals surface area contributed by atoms with Gasteiger partial charge < -0.3 is 0 Å². The Morgan fingerprint density at radius 3 is 1.61 bits per heavy atom. The molecule has 0 aliphatic heterocycles. The van der Waals surface area contributed by atoms with Crippen LogP contribution in [0.5, 0.6) is 0 Å². The van der Waals surface area contributed by atoms with Crippen molar-refractivity contribution in [2.24, 2.45) is 0 Å². The minimum absolute atomic E-state index is 0.650. The molecule has 0 saturated carbocycles. The molecule has 0 radical (unpaired) electrons. The van der Waals surface area contributed by atoms with E-state index in [4.69, 9.17) is 19.9 Å². The third kappa shape index (κ3) is 4.24. The van der Waals surface area contributed by atoms with Crippen LogP contribution in [0.2, 0.25) is 0 Å². The van der Waals surface area contributed by atoms with Gasteiger partial charge in [-0.2, -0.15) is 0 Å². The molecule has 41 heavy (non-hydrogen) atoms. The van der Waals surface area contributed by atoms with Crippen molar-refractivity contribution in [3.8, 4) is 45.3 Å². The maximum Gasteiger partial charge on any atom is 0.164 e. The lowest BCUT2D eigenvalue weighted by Gasteiger charge is -2.09. The summed E-state index contributed by atoms with van der Waals surface area (Å²) in [5, 5.41) is 3.68. The first kappa shape index (κ1) is 23.6. The second kappa shape index (κ2) is 9.73. The van der Waals surface area contributed by atoms with Gasteiger partial charge in [-0.25, -0.2) is 15.0 Å². The second-order valence-electron chi connectivity index (χ2n) is 9.95. The van der Waals surface area contributed by atoms with Crippen molar-refractivity contribution in [2.75, 3.05) is 0 Å². The molecule has 0 fully saturated rings. The van der Waals surface area contributed by atoms with E-state index in [9.17, 15) is 0 Å². The molecule has 8 aromatic rings. The molecule has 0 bridgehead atoms. The van der Waals surface area contributed by atoms with E-state index in [2.05, 4.69) is 66.7 Å². The Kier molecular flexibility index (Phi) is 5.61. The number of aromatic nitrogens is 4. The van der Waals surface area contributed by atoms with Crippen molar-refractivity contribution in [2.45, 2.75) is 0 Å². The molecule has 0 amide bonds. The van der Waals surface area contributed by atoms with E-state index in [0.717, 1.165) is 33.3 Å². The summed E-state index contributed by atoms with van der Waals surface area (Å²) in [6, 6.07) is 43.6. The van der Waals surface area contributed by atoms with Gasteiger partial charge in [-0.3, -0.25) is 4.98 Å². The third-order valence-electron chi connectivity index (χ3n) is 7.38. The predicted octanol–water partition coefficient (Wildman–Crippen LogP) is 9.46. The lowest BCUT2D eigenvalue weighted by Crippen LogP contribution is -2.00. The van der Waals surface area contributed by atoms with E-state index in [1.54, 1.807) is 0 Å². The maximum atomic E-state index is 4.86. The van der Waals surface area contributed by atoms with Crippen LogP contribution >= 0.6 is 11.3 Å². The van der Waals surface area contributed by atoms with Crippen LogP contribution in [-0.2, 0) is 0 Å². The Labute approximate surface area is 240 Å². The van der Waals surface area contributed by atoms with Gasteiger partial charge in [-0.05, 0) is 23.3 Å². The molecule has 0 saturated heterocycles. The molecular formula is C36H22N4S. The molecule has 5 heteroatoms. The van der Waals surface area contributed by atoms with Crippen LogP contribution in [0.25, 0.3) is 76.4 Å². The molecule has 0 aliphatic carbocycles. The topological polar surface area (TPSA) is 51.6 Å². The van der Waals surface area contributed by atoms with Gasteiger partial charge in [0, 0.05) is 48.4 Å². The standard InChI is InChI=1S/C36H22N4S/c1-3-9-24(10-4-1)34-38-35(25-11-5-2-6-12-25)40-36(39-34)26-17-15-23(16-18-26)27-19-20-29-31(21-27)37-22-30-28-13-7-8-14-32(28)41-33(29)30/h1-22H. The number of hydrogen-bond donors (Lipinski definition) is 0. The summed E-state index contributed by atoms with van der Waals surface area (Å²) in [7, 11) is 0. The first-order chi connectivity index (χ1) is 20.3. The van der Waals surface area contributed by atoms with Crippen LogP contribution in [0.3, 0.4) is 0 Å². The lowest BCUT2D eigenvalue weighted by molar-refractivity contribution is 1.07.